The molecule has 0 aliphatic heterocycles. The van der Waals surface area contributed by atoms with Crippen molar-refractivity contribution in [1.82, 2.24) is 4.98 Å². The van der Waals surface area contributed by atoms with Gasteiger partial charge in [0.15, 0.2) is 5.13 Å². The average Bonchev–Trinajstić information content (AvgIpc) is 2.60. The second-order valence-corrected chi connectivity index (χ2v) is 6.07. The lowest BCUT2D eigenvalue weighted by Crippen LogP contribution is -2.25. The van der Waals surface area contributed by atoms with Crippen LogP contribution in [0.1, 0.15) is 27.2 Å². The Hall–Kier alpha value is -1.21. The summed E-state index contributed by atoms with van der Waals surface area (Å²) >= 11 is 0.969. The van der Waals surface area contributed by atoms with Gasteiger partial charge in [-0.25, -0.2) is 4.98 Å². The number of anilines is 1. The normalized spacial score (nSPS) is 13.4. The van der Waals surface area contributed by atoms with E-state index in [-0.39, 0.29) is 10.4 Å². The molecule has 0 aliphatic rings. The van der Waals surface area contributed by atoms with E-state index in [1.54, 1.807) is 0 Å². The molecule has 7 heteroatoms. The number of hydrogen-bond donors (Lipinski definition) is 2. The second-order valence-electron chi connectivity index (χ2n) is 5.06. The van der Waals surface area contributed by atoms with Crippen LogP contribution in [-0.4, -0.2) is 27.7 Å². The molecular weight excluding hydrogens is 242 g/mol. The van der Waals surface area contributed by atoms with Crippen LogP contribution in [0.5, 0.6) is 0 Å². The average molecular weight is 259 g/mol. The van der Waals surface area contributed by atoms with Crippen LogP contribution in [0.25, 0.3) is 0 Å². The zero-order chi connectivity index (χ0) is 13.1. The Bertz CT molecular complexity index is 386. The minimum atomic E-state index is -0.488. The van der Waals surface area contributed by atoms with E-state index in [0.717, 1.165) is 11.3 Å². The van der Waals surface area contributed by atoms with Gasteiger partial charge in [0, 0.05) is 6.54 Å². The zero-order valence-corrected chi connectivity index (χ0v) is 11.0. The van der Waals surface area contributed by atoms with Crippen molar-refractivity contribution in [1.29, 1.82) is 0 Å². The zero-order valence-electron chi connectivity index (χ0n) is 10.1. The van der Waals surface area contributed by atoms with Crippen LogP contribution >= 0.6 is 11.3 Å². The Morgan fingerprint density at radius 1 is 1.65 bits per heavy atom. The van der Waals surface area contributed by atoms with Gasteiger partial charge in [-0.1, -0.05) is 20.8 Å². The van der Waals surface area contributed by atoms with E-state index in [1.807, 2.05) is 20.8 Å². The van der Waals surface area contributed by atoms with Crippen LogP contribution in [0.2, 0.25) is 0 Å². The molecule has 1 rings (SSSR count). The molecule has 0 spiro atoms. The summed E-state index contributed by atoms with van der Waals surface area (Å²) in [5.41, 5.74) is 0.0516. The van der Waals surface area contributed by atoms with Crippen molar-refractivity contribution < 1.29 is 10.0 Å². The van der Waals surface area contributed by atoms with Gasteiger partial charge in [-0.3, -0.25) is 10.1 Å². The molecule has 0 radical (unpaired) electrons. The largest absolute Gasteiger partial charge is 0.391 e. The molecule has 0 amide bonds. The molecule has 0 saturated carbocycles. The predicted molar refractivity (Wildman–Crippen MR) is 67.3 cm³/mol. The van der Waals surface area contributed by atoms with Gasteiger partial charge in [-0.2, -0.15) is 0 Å². The third-order valence-electron chi connectivity index (χ3n) is 2.01. The van der Waals surface area contributed by atoms with E-state index in [0.29, 0.717) is 18.1 Å². The molecule has 0 fully saturated rings. The number of aromatic nitrogens is 1. The summed E-state index contributed by atoms with van der Waals surface area (Å²) in [6, 6.07) is 0. The number of nitro groups is 1. The van der Waals surface area contributed by atoms with Gasteiger partial charge in [0.2, 0.25) is 0 Å². The summed E-state index contributed by atoms with van der Waals surface area (Å²) in [6.45, 7) is 6.49. The summed E-state index contributed by atoms with van der Waals surface area (Å²) < 4.78 is 0. The molecule has 1 unspecified atom stereocenters. The van der Waals surface area contributed by atoms with Crippen molar-refractivity contribution in [2.45, 2.75) is 33.3 Å². The summed E-state index contributed by atoms with van der Waals surface area (Å²) in [5, 5.41) is 23.5. The molecule has 1 aromatic heterocycles. The number of nitrogens with one attached hydrogen (secondary N) is 1. The van der Waals surface area contributed by atoms with E-state index >= 15 is 0 Å². The first-order chi connectivity index (χ1) is 7.78. The molecule has 0 aliphatic carbocycles. The predicted octanol–water partition coefficient (Wildman–Crippen LogP) is 2.26. The summed E-state index contributed by atoms with van der Waals surface area (Å²) in [4.78, 5) is 13.8. The van der Waals surface area contributed by atoms with E-state index < -0.39 is 11.0 Å². The molecule has 1 heterocycles. The third-order valence-corrected chi connectivity index (χ3v) is 2.92. The maximum Gasteiger partial charge on any atom is 0.345 e. The number of aliphatic hydroxyl groups is 1. The highest BCUT2D eigenvalue weighted by Crippen LogP contribution is 2.25. The van der Waals surface area contributed by atoms with E-state index in [9.17, 15) is 15.2 Å². The van der Waals surface area contributed by atoms with E-state index in [4.69, 9.17) is 0 Å². The van der Waals surface area contributed by atoms with Crippen LogP contribution in [0, 0.1) is 15.5 Å². The van der Waals surface area contributed by atoms with Crippen molar-refractivity contribution in [3.63, 3.8) is 0 Å². The Morgan fingerprint density at radius 2 is 2.29 bits per heavy atom. The standard InChI is InChI=1S/C10H17N3O3S/c1-10(2,3)4-7(14)5-11-9-12-6-8(17-9)13(15)16/h6-7,14H,4-5H2,1-3H3,(H,11,12). The van der Waals surface area contributed by atoms with Gasteiger partial charge >= 0.3 is 5.00 Å². The summed E-state index contributed by atoms with van der Waals surface area (Å²) in [6.07, 6.45) is 1.38. The highest BCUT2D eigenvalue weighted by Gasteiger charge is 2.17. The van der Waals surface area contributed by atoms with Crippen molar-refractivity contribution in [3.8, 4) is 0 Å². The smallest absolute Gasteiger partial charge is 0.345 e. The van der Waals surface area contributed by atoms with Crippen LogP contribution in [0.15, 0.2) is 6.20 Å². The van der Waals surface area contributed by atoms with Gasteiger partial charge in [0.05, 0.1) is 11.0 Å². The maximum atomic E-state index is 10.4. The Labute approximate surface area is 104 Å². The molecule has 6 nitrogen and oxygen atoms in total. The third kappa shape index (κ3) is 5.10. The molecule has 17 heavy (non-hydrogen) atoms. The summed E-state index contributed by atoms with van der Waals surface area (Å²) in [5.74, 6) is 0. The number of hydrogen-bond acceptors (Lipinski definition) is 6. The Morgan fingerprint density at radius 3 is 2.76 bits per heavy atom. The van der Waals surface area contributed by atoms with Crippen LogP contribution in [-0.2, 0) is 0 Å². The molecule has 1 atom stereocenters. The quantitative estimate of drug-likeness (QED) is 0.625. The van der Waals surface area contributed by atoms with Crippen molar-refractivity contribution in [2.24, 2.45) is 5.41 Å². The van der Waals surface area contributed by atoms with Crippen molar-refractivity contribution in [3.05, 3.63) is 16.3 Å². The molecular formula is C10H17N3O3S. The number of rotatable bonds is 5. The number of thiazole rings is 1. The van der Waals surface area contributed by atoms with Crippen LogP contribution in [0.3, 0.4) is 0 Å². The fourth-order valence-corrected chi connectivity index (χ4v) is 2.05. The van der Waals surface area contributed by atoms with Gasteiger partial charge in [-0.15, -0.1) is 0 Å². The first kappa shape index (κ1) is 13.9. The monoisotopic (exact) mass is 259 g/mol. The molecule has 0 bridgehead atoms. The molecule has 1 aromatic rings. The van der Waals surface area contributed by atoms with Gasteiger partial charge < -0.3 is 10.4 Å². The topological polar surface area (TPSA) is 88.3 Å². The Balaban J connectivity index is 2.42. The lowest BCUT2D eigenvalue weighted by Gasteiger charge is -2.22. The minimum absolute atomic E-state index is 0.00203. The Kier molecular flexibility index (Phi) is 4.41. The lowest BCUT2D eigenvalue weighted by molar-refractivity contribution is -0.380. The van der Waals surface area contributed by atoms with Crippen LogP contribution < -0.4 is 5.32 Å². The number of nitrogens with zero attached hydrogens (tertiary/aromatic N) is 2. The first-order valence-corrected chi connectivity index (χ1v) is 6.12. The molecule has 2 N–H and O–H groups in total. The van der Waals surface area contributed by atoms with Crippen molar-refractivity contribution in [2.75, 3.05) is 11.9 Å². The van der Waals surface area contributed by atoms with E-state index in [2.05, 4.69) is 10.3 Å². The minimum Gasteiger partial charge on any atom is -0.391 e. The van der Waals surface area contributed by atoms with Gasteiger partial charge in [0.25, 0.3) is 0 Å². The molecule has 0 aromatic carbocycles. The fourth-order valence-electron chi connectivity index (χ4n) is 1.42. The SMILES string of the molecule is CC(C)(C)CC(O)CNc1ncc([N+](=O)[O-])s1. The van der Waals surface area contributed by atoms with Crippen molar-refractivity contribution >= 4 is 21.5 Å². The lowest BCUT2D eigenvalue weighted by atomic mass is 9.89. The highest BCUT2D eigenvalue weighted by atomic mass is 32.1. The molecule has 96 valence electrons. The highest BCUT2D eigenvalue weighted by molar-refractivity contribution is 7.18. The molecule has 0 saturated heterocycles. The van der Waals surface area contributed by atoms with Gasteiger partial charge in [0.1, 0.15) is 6.20 Å². The number of aliphatic hydroxyl groups excluding tert-OH is 1. The van der Waals surface area contributed by atoms with Crippen LogP contribution in [0.4, 0.5) is 10.1 Å². The van der Waals surface area contributed by atoms with Gasteiger partial charge in [-0.05, 0) is 23.2 Å². The first-order valence-electron chi connectivity index (χ1n) is 5.30. The second kappa shape index (κ2) is 5.42. The van der Waals surface area contributed by atoms with E-state index in [1.165, 1.54) is 6.20 Å². The fraction of sp³-hybridized carbons (Fsp3) is 0.700. The maximum absolute atomic E-state index is 10.4. The summed E-state index contributed by atoms with van der Waals surface area (Å²) in [7, 11) is 0.